The lowest BCUT2D eigenvalue weighted by molar-refractivity contribution is 0.232. The van der Waals surface area contributed by atoms with E-state index < -0.39 is 0 Å². The summed E-state index contributed by atoms with van der Waals surface area (Å²) in [4.78, 5) is 16.3. The van der Waals surface area contributed by atoms with Crippen LogP contribution in [0, 0.1) is 0 Å². The predicted molar refractivity (Wildman–Crippen MR) is 64.2 cm³/mol. The standard InChI is InChI=1S/C9H13Cl2N5/c1-6-5-16(4-3-15(6)2)9-13-7(10)12-8(11)14-9/h6H,3-5H2,1-2H3. The first-order valence-electron chi connectivity index (χ1n) is 5.08. The molecule has 2 heterocycles. The molecule has 1 aromatic rings. The van der Waals surface area contributed by atoms with E-state index in [4.69, 9.17) is 23.2 Å². The molecule has 1 saturated heterocycles. The smallest absolute Gasteiger partial charge is 0.231 e. The first-order valence-corrected chi connectivity index (χ1v) is 5.84. The van der Waals surface area contributed by atoms with Gasteiger partial charge in [0.05, 0.1) is 0 Å². The van der Waals surface area contributed by atoms with Crippen LogP contribution < -0.4 is 4.90 Å². The Morgan fingerprint density at radius 1 is 1.12 bits per heavy atom. The summed E-state index contributed by atoms with van der Waals surface area (Å²) < 4.78 is 0. The number of aromatic nitrogens is 3. The van der Waals surface area contributed by atoms with Crippen LogP contribution in [0.4, 0.5) is 5.95 Å². The second-order valence-electron chi connectivity index (χ2n) is 3.95. The predicted octanol–water partition coefficient (Wildman–Crippen LogP) is 1.32. The van der Waals surface area contributed by atoms with Crippen molar-refractivity contribution in [3.63, 3.8) is 0 Å². The summed E-state index contributed by atoms with van der Waals surface area (Å²) >= 11 is 11.5. The van der Waals surface area contributed by atoms with Crippen molar-refractivity contribution >= 4 is 29.2 Å². The minimum absolute atomic E-state index is 0.140. The van der Waals surface area contributed by atoms with E-state index in [9.17, 15) is 0 Å². The van der Waals surface area contributed by atoms with E-state index in [0.717, 1.165) is 19.6 Å². The number of hydrogen-bond donors (Lipinski definition) is 0. The van der Waals surface area contributed by atoms with Crippen molar-refractivity contribution < 1.29 is 0 Å². The van der Waals surface area contributed by atoms with E-state index in [2.05, 4.69) is 38.7 Å². The van der Waals surface area contributed by atoms with Gasteiger partial charge < -0.3 is 9.80 Å². The molecule has 1 atom stereocenters. The molecule has 0 N–H and O–H groups in total. The normalized spacial score (nSPS) is 22.5. The lowest BCUT2D eigenvalue weighted by atomic mass is 10.2. The second kappa shape index (κ2) is 4.69. The molecular weight excluding hydrogens is 249 g/mol. The van der Waals surface area contributed by atoms with Crippen molar-refractivity contribution in [2.75, 3.05) is 31.6 Å². The summed E-state index contributed by atoms with van der Waals surface area (Å²) in [5, 5.41) is 0.281. The molecule has 0 bridgehead atoms. The number of piperazine rings is 1. The molecule has 5 nitrogen and oxygen atoms in total. The quantitative estimate of drug-likeness (QED) is 0.763. The number of hydrogen-bond acceptors (Lipinski definition) is 5. The Balaban J connectivity index is 2.18. The Kier molecular flexibility index (Phi) is 3.47. The van der Waals surface area contributed by atoms with Crippen LogP contribution in [-0.4, -0.2) is 52.6 Å². The van der Waals surface area contributed by atoms with Crippen LogP contribution in [0.15, 0.2) is 0 Å². The van der Waals surface area contributed by atoms with E-state index in [-0.39, 0.29) is 10.6 Å². The molecule has 0 radical (unpaired) electrons. The molecule has 1 aliphatic rings. The SMILES string of the molecule is CC1CN(c2nc(Cl)nc(Cl)n2)CCN1C. The summed E-state index contributed by atoms with van der Waals surface area (Å²) in [7, 11) is 2.11. The summed E-state index contributed by atoms with van der Waals surface area (Å²) in [6.07, 6.45) is 0. The van der Waals surface area contributed by atoms with Gasteiger partial charge in [0.25, 0.3) is 0 Å². The monoisotopic (exact) mass is 261 g/mol. The largest absolute Gasteiger partial charge is 0.338 e. The van der Waals surface area contributed by atoms with Gasteiger partial charge in [-0.2, -0.15) is 15.0 Å². The molecule has 0 aliphatic carbocycles. The Morgan fingerprint density at radius 2 is 1.75 bits per heavy atom. The zero-order chi connectivity index (χ0) is 11.7. The van der Waals surface area contributed by atoms with E-state index >= 15 is 0 Å². The zero-order valence-electron chi connectivity index (χ0n) is 9.19. The lowest BCUT2D eigenvalue weighted by Gasteiger charge is -2.37. The number of likely N-dealkylation sites (N-methyl/N-ethyl adjacent to an activating group) is 1. The van der Waals surface area contributed by atoms with Crippen LogP contribution >= 0.6 is 23.2 Å². The van der Waals surface area contributed by atoms with Crippen molar-refractivity contribution in [2.24, 2.45) is 0 Å². The minimum atomic E-state index is 0.140. The maximum absolute atomic E-state index is 5.75. The van der Waals surface area contributed by atoms with Gasteiger partial charge in [-0.25, -0.2) is 0 Å². The highest BCUT2D eigenvalue weighted by Gasteiger charge is 2.23. The second-order valence-corrected chi connectivity index (χ2v) is 4.63. The van der Waals surface area contributed by atoms with Crippen LogP contribution in [0.5, 0.6) is 0 Å². The van der Waals surface area contributed by atoms with Crippen molar-refractivity contribution in [3.8, 4) is 0 Å². The van der Waals surface area contributed by atoms with Gasteiger partial charge in [0.1, 0.15) is 0 Å². The number of nitrogens with zero attached hydrogens (tertiary/aromatic N) is 5. The molecule has 0 spiro atoms. The van der Waals surface area contributed by atoms with Gasteiger partial charge in [0.15, 0.2) is 0 Å². The van der Waals surface area contributed by atoms with Crippen molar-refractivity contribution in [1.82, 2.24) is 19.9 Å². The van der Waals surface area contributed by atoms with Gasteiger partial charge in [-0.15, -0.1) is 0 Å². The molecule has 1 fully saturated rings. The van der Waals surface area contributed by atoms with Gasteiger partial charge in [-0.05, 0) is 37.2 Å². The summed E-state index contributed by atoms with van der Waals surface area (Å²) in [6.45, 7) is 4.88. The van der Waals surface area contributed by atoms with E-state index in [1.165, 1.54) is 0 Å². The minimum Gasteiger partial charge on any atom is -0.338 e. The molecule has 88 valence electrons. The highest BCUT2D eigenvalue weighted by Crippen LogP contribution is 2.17. The Hall–Kier alpha value is -0.650. The molecule has 1 aromatic heterocycles. The lowest BCUT2D eigenvalue weighted by Crippen LogP contribution is -2.50. The summed E-state index contributed by atoms with van der Waals surface area (Å²) in [5.41, 5.74) is 0. The maximum atomic E-state index is 5.75. The van der Waals surface area contributed by atoms with Crippen molar-refractivity contribution in [3.05, 3.63) is 10.6 Å². The van der Waals surface area contributed by atoms with Crippen LogP contribution in [0.3, 0.4) is 0 Å². The fraction of sp³-hybridized carbons (Fsp3) is 0.667. The number of halogens is 2. The van der Waals surface area contributed by atoms with Gasteiger partial charge in [0, 0.05) is 25.7 Å². The molecule has 1 aliphatic heterocycles. The number of rotatable bonds is 1. The summed E-state index contributed by atoms with van der Waals surface area (Å²) in [5.74, 6) is 0.560. The fourth-order valence-electron chi connectivity index (χ4n) is 1.69. The fourth-order valence-corrected chi connectivity index (χ4v) is 2.04. The van der Waals surface area contributed by atoms with Gasteiger partial charge in [0.2, 0.25) is 16.5 Å². The molecular formula is C9H13Cl2N5. The Bertz CT molecular complexity index is 366. The van der Waals surface area contributed by atoms with Crippen molar-refractivity contribution in [2.45, 2.75) is 13.0 Å². The topological polar surface area (TPSA) is 45.2 Å². The first kappa shape index (κ1) is 11.8. The average Bonchev–Trinajstić information content (AvgIpc) is 2.20. The average molecular weight is 262 g/mol. The molecule has 2 rings (SSSR count). The third-order valence-electron chi connectivity index (χ3n) is 2.81. The van der Waals surface area contributed by atoms with E-state index in [1.807, 2.05) is 0 Å². The highest BCUT2D eigenvalue weighted by atomic mass is 35.5. The summed E-state index contributed by atoms with van der Waals surface area (Å²) in [6, 6.07) is 0.461. The molecule has 16 heavy (non-hydrogen) atoms. The van der Waals surface area contributed by atoms with E-state index in [1.54, 1.807) is 0 Å². The zero-order valence-corrected chi connectivity index (χ0v) is 10.7. The molecule has 0 saturated carbocycles. The molecule has 1 unspecified atom stereocenters. The van der Waals surface area contributed by atoms with E-state index in [0.29, 0.717) is 12.0 Å². The van der Waals surface area contributed by atoms with Gasteiger partial charge in [-0.1, -0.05) is 0 Å². The third kappa shape index (κ3) is 2.53. The molecule has 7 heteroatoms. The van der Waals surface area contributed by atoms with Gasteiger partial charge in [-0.3, -0.25) is 0 Å². The third-order valence-corrected chi connectivity index (χ3v) is 3.15. The van der Waals surface area contributed by atoms with Crippen LogP contribution in [-0.2, 0) is 0 Å². The van der Waals surface area contributed by atoms with Crippen LogP contribution in [0.25, 0.3) is 0 Å². The number of anilines is 1. The van der Waals surface area contributed by atoms with Crippen LogP contribution in [0.1, 0.15) is 6.92 Å². The van der Waals surface area contributed by atoms with Crippen LogP contribution in [0.2, 0.25) is 10.6 Å². The van der Waals surface area contributed by atoms with Gasteiger partial charge >= 0.3 is 0 Å². The maximum Gasteiger partial charge on any atom is 0.231 e. The Morgan fingerprint density at radius 3 is 2.31 bits per heavy atom. The highest BCUT2D eigenvalue weighted by molar-refractivity contribution is 6.31. The Labute approximate surface area is 104 Å². The van der Waals surface area contributed by atoms with Crippen molar-refractivity contribution in [1.29, 1.82) is 0 Å². The molecule has 0 aromatic carbocycles. The first-order chi connectivity index (χ1) is 7.56. The molecule has 0 amide bonds.